The predicted octanol–water partition coefficient (Wildman–Crippen LogP) is 0.616. The van der Waals surface area contributed by atoms with Gasteiger partial charge in [-0.2, -0.15) is 11.8 Å². The highest BCUT2D eigenvalue weighted by Crippen LogP contribution is 2.04. The number of carbonyl (C=O) groups is 2. The van der Waals surface area contributed by atoms with Crippen LogP contribution in [0.15, 0.2) is 22.8 Å². The average Bonchev–Trinajstić information content (AvgIpc) is 2.76. The van der Waals surface area contributed by atoms with Crippen LogP contribution in [0.3, 0.4) is 0 Å². The third kappa shape index (κ3) is 3.62. The van der Waals surface area contributed by atoms with Crippen molar-refractivity contribution in [2.24, 2.45) is 5.73 Å². The summed E-state index contributed by atoms with van der Waals surface area (Å²) in [5.74, 6) is -0.0225. The topological polar surface area (TPSA) is 85.3 Å². The summed E-state index contributed by atoms with van der Waals surface area (Å²) in [5.41, 5.74) is 5.19. The van der Waals surface area contributed by atoms with Gasteiger partial charge in [0.2, 0.25) is 5.91 Å². The monoisotopic (exact) mass is 242 g/mol. The molecule has 0 aliphatic heterocycles. The first-order valence-corrected chi connectivity index (χ1v) is 6.17. The van der Waals surface area contributed by atoms with E-state index in [1.807, 2.05) is 6.26 Å². The van der Waals surface area contributed by atoms with Crippen LogP contribution in [0.5, 0.6) is 0 Å². The molecule has 2 amide bonds. The molecular weight excluding hydrogens is 228 g/mol. The van der Waals surface area contributed by atoms with Crippen molar-refractivity contribution in [3.8, 4) is 0 Å². The van der Waals surface area contributed by atoms with E-state index in [1.54, 1.807) is 17.8 Å². The van der Waals surface area contributed by atoms with Crippen LogP contribution in [-0.2, 0) is 4.79 Å². The van der Waals surface area contributed by atoms with Crippen LogP contribution in [-0.4, -0.2) is 29.9 Å². The lowest BCUT2D eigenvalue weighted by molar-refractivity contribution is -0.119. The third-order valence-electron chi connectivity index (χ3n) is 2.00. The highest BCUT2D eigenvalue weighted by Gasteiger charge is 2.19. The lowest BCUT2D eigenvalue weighted by atomic mass is 10.2. The minimum atomic E-state index is -0.648. The van der Waals surface area contributed by atoms with Crippen LogP contribution in [0.1, 0.15) is 17.0 Å². The highest BCUT2D eigenvalue weighted by molar-refractivity contribution is 7.98. The second-order valence-corrected chi connectivity index (χ2v) is 4.17. The number of thioether (sulfide) groups is 1. The summed E-state index contributed by atoms with van der Waals surface area (Å²) in [7, 11) is 0. The predicted molar refractivity (Wildman–Crippen MR) is 62.2 cm³/mol. The Balaban J connectivity index is 2.54. The summed E-state index contributed by atoms with van der Waals surface area (Å²) in [6, 6.07) is 2.49. The van der Waals surface area contributed by atoms with Gasteiger partial charge in [-0.3, -0.25) is 9.59 Å². The number of nitrogens with one attached hydrogen (secondary N) is 1. The molecule has 0 bridgehead atoms. The zero-order chi connectivity index (χ0) is 12.0. The molecule has 1 rings (SSSR count). The highest BCUT2D eigenvalue weighted by atomic mass is 32.2. The van der Waals surface area contributed by atoms with E-state index in [2.05, 4.69) is 5.32 Å². The van der Waals surface area contributed by atoms with Gasteiger partial charge in [0.05, 0.1) is 6.26 Å². The van der Waals surface area contributed by atoms with Crippen molar-refractivity contribution in [1.29, 1.82) is 0 Å². The largest absolute Gasteiger partial charge is 0.459 e. The Labute approximate surface area is 97.8 Å². The van der Waals surface area contributed by atoms with Crippen molar-refractivity contribution in [2.75, 3.05) is 12.0 Å². The first kappa shape index (κ1) is 12.6. The smallest absolute Gasteiger partial charge is 0.287 e. The molecule has 5 nitrogen and oxygen atoms in total. The van der Waals surface area contributed by atoms with E-state index in [0.717, 1.165) is 5.75 Å². The van der Waals surface area contributed by atoms with Crippen molar-refractivity contribution in [3.05, 3.63) is 24.2 Å². The van der Waals surface area contributed by atoms with E-state index in [4.69, 9.17) is 10.2 Å². The Morgan fingerprint density at radius 1 is 1.62 bits per heavy atom. The van der Waals surface area contributed by atoms with Crippen molar-refractivity contribution in [3.63, 3.8) is 0 Å². The minimum Gasteiger partial charge on any atom is -0.459 e. The Hall–Kier alpha value is -1.43. The SMILES string of the molecule is CSCC[C@@H](NC(=O)c1ccco1)C(N)=O. The van der Waals surface area contributed by atoms with Crippen LogP contribution in [0.2, 0.25) is 0 Å². The van der Waals surface area contributed by atoms with Crippen molar-refractivity contribution >= 4 is 23.6 Å². The van der Waals surface area contributed by atoms with Gasteiger partial charge in [0.1, 0.15) is 6.04 Å². The van der Waals surface area contributed by atoms with E-state index in [0.29, 0.717) is 6.42 Å². The third-order valence-corrected chi connectivity index (χ3v) is 2.65. The lowest BCUT2D eigenvalue weighted by Gasteiger charge is -2.13. The van der Waals surface area contributed by atoms with Crippen LogP contribution in [0.4, 0.5) is 0 Å². The molecule has 0 saturated heterocycles. The summed E-state index contributed by atoms with van der Waals surface area (Å²) in [4.78, 5) is 22.6. The van der Waals surface area contributed by atoms with Gasteiger partial charge >= 0.3 is 0 Å². The molecule has 0 aliphatic rings. The summed E-state index contributed by atoms with van der Waals surface area (Å²) >= 11 is 1.59. The Bertz CT molecular complexity index is 351. The summed E-state index contributed by atoms with van der Waals surface area (Å²) in [6.07, 6.45) is 3.84. The number of primary amides is 1. The van der Waals surface area contributed by atoms with Gasteiger partial charge in [-0.05, 0) is 30.6 Å². The lowest BCUT2D eigenvalue weighted by Crippen LogP contribution is -2.44. The number of amides is 2. The first-order chi connectivity index (χ1) is 7.65. The zero-order valence-electron chi connectivity index (χ0n) is 8.93. The quantitative estimate of drug-likeness (QED) is 0.765. The number of furan rings is 1. The van der Waals surface area contributed by atoms with Crippen LogP contribution >= 0.6 is 11.8 Å². The maximum absolute atomic E-state index is 11.6. The number of nitrogens with two attached hydrogens (primary N) is 1. The molecule has 1 aromatic heterocycles. The molecule has 6 heteroatoms. The molecule has 3 N–H and O–H groups in total. The van der Waals surface area contributed by atoms with E-state index >= 15 is 0 Å². The number of hydrogen-bond acceptors (Lipinski definition) is 4. The Morgan fingerprint density at radius 2 is 2.38 bits per heavy atom. The fourth-order valence-electron chi connectivity index (χ4n) is 1.16. The molecule has 0 spiro atoms. The normalized spacial score (nSPS) is 12.1. The molecule has 0 aliphatic carbocycles. The second kappa shape index (κ2) is 6.22. The molecule has 1 aromatic rings. The van der Waals surface area contributed by atoms with E-state index in [1.165, 1.54) is 12.3 Å². The van der Waals surface area contributed by atoms with Gasteiger partial charge in [-0.15, -0.1) is 0 Å². The van der Waals surface area contributed by atoms with Crippen LogP contribution < -0.4 is 11.1 Å². The molecule has 0 fully saturated rings. The fraction of sp³-hybridized carbons (Fsp3) is 0.400. The van der Waals surface area contributed by atoms with Crippen LogP contribution in [0.25, 0.3) is 0 Å². The van der Waals surface area contributed by atoms with Gasteiger partial charge in [0, 0.05) is 0 Å². The second-order valence-electron chi connectivity index (χ2n) is 3.19. The number of carbonyl (C=O) groups excluding carboxylic acids is 2. The van der Waals surface area contributed by atoms with E-state index in [-0.39, 0.29) is 5.76 Å². The summed E-state index contributed by atoms with van der Waals surface area (Å²) < 4.78 is 4.91. The van der Waals surface area contributed by atoms with E-state index in [9.17, 15) is 9.59 Å². The fourth-order valence-corrected chi connectivity index (χ4v) is 1.63. The number of rotatable bonds is 6. The van der Waals surface area contributed by atoms with Crippen molar-refractivity contribution in [2.45, 2.75) is 12.5 Å². The molecule has 0 radical (unpaired) electrons. The summed E-state index contributed by atoms with van der Waals surface area (Å²) in [6.45, 7) is 0. The van der Waals surface area contributed by atoms with Crippen molar-refractivity contribution < 1.29 is 14.0 Å². The average molecular weight is 242 g/mol. The van der Waals surface area contributed by atoms with Gasteiger partial charge in [0.25, 0.3) is 5.91 Å². The maximum atomic E-state index is 11.6. The van der Waals surface area contributed by atoms with Crippen molar-refractivity contribution in [1.82, 2.24) is 5.32 Å². The van der Waals surface area contributed by atoms with Crippen LogP contribution in [0, 0.1) is 0 Å². The first-order valence-electron chi connectivity index (χ1n) is 4.77. The molecule has 0 aromatic carbocycles. The maximum Gasteiger partial charge on any atom is 0.287 e. The van der Waals surface area contributed by atoms with Gasteiger partial charge < -0.3 is 15.5 Å². The molecule has 0 unspecified atom stereocenters. The zero-order valence-corrected chi connectivity index (χ0v) is 9.75. The Kier molecular flexibility index (Phi) is 4.91. The molecule has 0 saturated carbocycles. The standard InChI is InChI=1S/C10H14N2O3S/c1-16-6-4-7(9(11)13)12-10(14)8-3-2-5-15-8/h2-3,5,7H,4,6H2,1H3,(H2,11,13)(H,12,14)/t7-/m1/s1. The van der Waals surface area contributed by atoms with Gasteiger partial charge in [0.15, 0.2) is 5.76 Å². The van der Waals surface area contributed by atoms with Gasteiger partial charge in [-0.1, -0.05) is 0 Å². The Morgan fingerprint density at radius 3 is 2.88 bits per heavy atom. The molecule has 1 heterocycles. The minimum absolute atomic E-state index is 0.176. The van der Waals surface area contributed by atoms with E-state index < -0.39 is 17.9 Å². The summed E-state index contributed by atoms with van der Waals surface area (Å²) in [5, 5.41) is 2.53. The number of hydrogen-bond donors (Lipinski definition) is 2. The molecule has 88 valence electrons. The molecular formula is C10H14N2O3S. The molecule has 16 heavy (non-hydrogen) atoms. The van der Waals surface area contributed by atoms with Gasteiger partial charge in [-0.25, -0.2) is 0 Å². The molecule has 1 atom stereocenters.